The lowest BCUT2D eigenvalue weighted by atomic mass is 10.2. The summed E-state index contributed by atoms with van der Waals surface area (Å²) < 4.78 is 5.61. The highest BCUT2D eigenvalue weighted by Gasteiger charge is 2.14. The monoisotopic (exact) mass is 338 g/mol. The molecule has 1 fully saturated rings. The van der Waals surface area contributed by atoms with Crippen molar-refractivity contribution in [3.05, 3.63) is 29.3 Å². The minimum absolute atomic E-state index is 0.0826. The lowest BCUT2D eigenvalue weighted by Crippen LogP contribution is -2.38. The third kappa shape index (κ3) is 6.80. The summed E-state index contributed by atoms with van der Waals surface area (Å²) >= 11 is 5.91. The first kappa shape index (κ1) is 18.1. The molecule has 1 N–H and O–H groups in total. The van der Waals surface area contributed by atoms with Gasteiger partial charge in [0.2, 0.25) is 0 Å². The smallest absolute Gasteiger partial charge is 0.260 e. The van der Waals surface area contributed by atoms with E-state index < -0.39 is 6.10 Å². The molecule has 1 saturated heterocycles. The standard InChI is InChI=1S/C18H27ClN2O2/c1-15(23-17-9-6-8-16(19)14-17)18(22)20-10-7-13-21-11-4-2-3-5-12-21/h6,8-9,14-15H,2-5,7,10-13H2,1H3,(H,20,22)/t15-/m1/s1. The van der Waals surface area contributed by atoms with Crippen LogP contribution in [0, 0.1) is 0 Å². The Bertz CT molecular complexity index is 488. The molecule has 0 spiro atoms. The summed E-state index contributed by atoms with van der Waals surface area (Å²) in [5.74, 6) is 0.533. The number of carbonyl (C=O) groups excluding carboxylic acids is 1. The number of carbonyl (C=O) groups is 1. The molecule has 23 heavy (non-hydrogen) atoms. The van der Waals surface area contributed by atoms with Crippen LogP contribution in [0.5, 0.6) is 5.75 Å². The Hall–Kier alpha value is -1.26. The molecule has 2 rings (SSSR count). The average molecular weight is 339 g/mol. The average Bonchev–Trinajstić information content (AvgIpc) is 2.80. The van der Waals surface area contributed by atoms with Gasteiger partial charge in [0.1, 0.15) is 5.75 Å². The van der Waals surface area contributed by atoms with E-state index in [9.17, 15) is 4.79 Å². The highest BCUT2D eigenvalue weighted by atomic mass is 35.5. The molecule has 0 aliphatic carbocycles. The van der Waals surface area contributed by atoms with Crippen LogP contribution < -0.4 is 10.1 Å². The van der Waals surface area contributed by atoms with Gasteiger partial charge in [-0.1, -0.05) is 30.5 Å². The predicted molar refractivity (Wildman–Crippen MR) is 94.1 cm³/mol. The lowest BCUT2D eigenvalue weighted by molar-refractivity contribution is -0.127. The van der Waals surface area contributed by atoms with Crippen molar-refractivity contribution in [3.63, 3.8) is 0 Å². The molecule has 5 heteroatoms. The summed E-state index contributed by atoms with van der Waals surface area (Å²) in [6.07, 6.45) is 5.77. The quantitative estimate of drug-likeness (QED) is 0.774. The van der Waals surface area contributed by atoms with E-state index in [0.717, 1.165) is 13.0 Å². The number of halogens is 1. The van der Waals surface area contributed by atoms with Gasteiger partial charge < -0.3 is 15.0 Å². The molecule has 0 aromatic heterocycles. The van der Waals surface area contributed by atoms with Gasteiger partial charge in [0, 0.05) is 11.6 Å². The fourth-order valence-corrected chi connectivity index (χ4v) is 3.00. The van der Waals surface area contributed by atoms with Crippen LogP contribution in [0.15, 0.2) is 24.3 Å². The van der Waals surface area contributed by atoms with Gasteiger partial charge in [0.05, 0.1) is 0 Å². The molecular weight excluding hydrogens is 312 g/mol. The summed E-state index contributed by atoms with van der Waals surface area (Å²) in [5, 5.41) is 3.55. The van der Waals surface area contributed by atoms with E-state index in [2.05, 4.69) is 10.2 Å². The Kier molecular flexibility index (Phi) is 7.69. The number of amides is 1. The van der Waals surface area contributed by atoms with E-state index in [0.29, 0.717) is 17.3 Å². The summed E-state index contributed by atoms with van der Waals surface area (Å²) in [7, 11) is 0. The SMILES string of the molecule is C[C@@H](Oc1cccc(Cl)c1)C(=O)NCCCN1CCCCCC1. The minimum Gasteiger partial charge on any atom is -0.481 e. The number of likely N-dealkylation sites (tertiary alicyclic amines) is 1. The molecule has 1 amide bonds. The Morgan fingerprint density at radius 1 is 1.30 bits per heavy atom. The van der Waals surface area contributed by atoms with Gasteiger partial charge in [0.15, 0.2) is 6.10 Å². The van der Waals surface area contributed by atoms with Gasteiger partial charge in [0.25, 0.3) is 5.91 Å². The predicted octanol–water partition coefficient (Wildman–Crippen LogP) is 3.49. The molecule has 0 bridgehead atoms. The van der Waals surface area contributed by atoms with Crippen molar-refractivity contribution in [2.75, 3.05) is 26.2 Å². The second kappa shape index (κ2) is 9.78. The largest absolute Gasteiger partial charge is 0.481 e. The zero-order valence-electron chi connectivity index (χ0n) is 13.9. The molecular formula is C18H27ClN2O2. The van der Waals surface area contributed by atoms with Gasteiger partial charge in [-0.3, -0.25) is 4.79 Å². The maximum Gasteiger partial charge on any atom is 0.260 e. The molecule has 1 heterocycles. The summed E-state index contributed by atoms with van der Waals surface area (Å²) in [5.41, 5.74) is 0. The van der Waals surface area contributed by atoms with Crippen LogP contribution in [0.3, 0.4) is 0 Å². The van der Waals surface area contributed by atoms with Crippen LogP contribution in [0.2, 0.25) is 5.02 Å². The Morgan fingerprint density at radius 3 is 2.74 bits per heavy atom. The number of nitrogens with zero attached hydrogens (tertiary/aromatic N) is 1. The van der Waals surface area contributed by atoms with Crippen LogP contribution >= 0.6 is 11.6 Å². The third-order valence-electron chi connectivity index (χ3n) is 4.13. The van der Waals surface area contributed by atoms with Crippen molar-refractivity contribution in [1.82, 2.24) is 10.2 Å². The molecule has 1 atom stereocenters. The van der Waals surface area contributed by atoms with E-state index in [-0.39, 0.29) is 5.91 Å². The molecule has 1 aliphatic heterocycles. The zero-order valence-corrected chi connectivity index (χ0v) is 14.6. The molecule has 0 radical (unpaired) electrons. The van der Waals surface area contributed by atoms with Crippen LogP contribution in [-0.2, 0) is 4.79 Å². The first-order valence-corrected chi connectivity index (χ1v) is 8.95. The van der Waals surface area contributed by atoms with Crippen LogP contribution in [-0.4, -0.2) is 43.1 Å². The Balaban J connectivity index is 1.63. The normalized spacial score (nSPS) is 17.3. The van der Waals surface area contributed by atoms with Gasteiger partial charge in [-0.25, -0.2) is 0 Å². The third-order valence-corrected chi connectivity index (χ3v) is 4.36. The first-order valence-electron chi connectivity index (χ1n) is 8.57. The fraction of sp³-hybridized carbons (Fsp3) is 0.611. The topological polar surface area (TPSA) is 41.6 Å². The highest BCUT2D eigenvalue weighted by Crippen LogP contribution is 2.18. The van der Waals surface area contributed by atoms with Crippen molar-refractivity contribution in [3.8, 4) is 5.75 Å². The molecule has 1 aromatic rings. The van der Waals surface area contributed by atoms with E-state index in [1.54, 1.807) is 25.1 Å². The van der Waals surface area contributed by atoms with E-state index >= 15 is 0 Å². The minimum atomic E-state index is -0.522. The van der Waals surface area contributed by atoms with Crippen LogP contribution in [0.4, 0.5) is 0 Å². The molecule has 0 saturated carbocycles. The Labute approximate surface area is 144 Å². The zero-order chi connectivity index (χ0) is 16.5. The van der Waals surface area contributed by atoms with Gasteiger partial charge in [-0.2, -0.15) is 0 Å². The van der Waals surface area contributed by atoms with E-state index in [1.165, 1.54) is 38.8 Å². The molecule has 1 aromatic carbocycles. The summed E-state index contributed by atoms with van der Waals surface area (Å²) in [4.78, 5) is 14.6. The highest BCUT2D eigenvalue weighted by molar-refractivity contribution is 6.30. The summed E-state index contributed by atoms with van der Waals surface area (Å²) in [6, 6.07) is 7.10. The van der Waals surface area contributed by atoms with Crippen molar-refractivity contribution in [1.29, 1.82) is 0 Å². The van der Waals surface area contributed by atoms with Crippen molar-refractivity contribution < 1.29 is 9.53 Å². The van der Waals surface area contributed by atoms with Crippen molar-refractivity contribution in [2.24, 2.45) is 0 Å². The lowest BCUT2D eigenvalue weighted by Gasteiger charge is -2.20. The number of benzene rings is 1. The number of hydrogen-bond acceptors (Lipinski definition) is 3. The second-order valence-corrected chi connectivity index (χ2v) is 6.55. The molecule has 0 unspecified atom stereocenters. The van der Waals surface area contributed by atoms with Crippen LogP contribution in [0.1, 0.15) is 39.0 Å². The Morgan fingerprint density at radius 2 is 2.04 bits per heavy atom. The van der Waals surface area contributed by atoms with Crippen molar-refractivity contribution >= 4 is 17.5 Å². The molecule has 1 aliphatic rings. The van der Waals surface area contributed by atoms with Gasteiger partial charge in [-0.15, -0.1) is 0 Å². The molecule has 128 valence electrons. The van der Waals surface area contributed by atoms with Gasteiger partial charge in [-0.05, 0) is 64.0 Å². The number of ether oxygens (including phenoxy) is 1. The number of nitrogens with one attached hydrogen (secondary N) is 1. The van der Waals surface area contributed by atoms with Crippen molar-refractivity contribution in [2.45, 2.75) is 45.1 Å². The fourth-order valence-electron chi connectivity index (χ4n) is 2.82. The van der Waals surface area contributed by atoms with E-state index in [1.807, 2.05) is 6.07 Å². The maximum absolute atomic E-state index is 12.1. The summed E-state index contributed by atoms with van der Waals surface area (Å²) in [6.45, 7) is 5.90. The van der Waals surface area contributed by atoms with E-state index in [4.69, 9.17) is 16.3 Å². The molecule has 4 nitrogen and oxygen atoms in total. The number of hydrogen-bond donors (Lipinski definition) is 1. The van der Waals surface area contributed by atoms with Crippen LogP contribution in [0.25, 0.3) is 0 Å². The number of rotatable bonds is 7. The second-order valence-electron chi connectivity index (χ2n) is 6.12. The first-order chi connectivity index (χ1) is 11.1. The maximum atomic E-state index is 12.1. The van der Waals surface area contributed by atoms with Gasteiger partial charge >= 0.3 is 0 Å².